The molecular weight excluding hydrogens is 182 g/mol. The van der Waals surface area contributed by atoms with Crippen molar-refractivity contribution in [2.45, 2.75) is 11.8 Å². The number of carbonyl (C=O) groups is 1. The first-order valence-corrected chi connectivity index (χ1v) is 4.49. The molecule has 70 valence electrons. The zero-order valence-electron chi connectivity index (χ0n) is 8.03. The molecule has 1 amide bonds. The number of carbonyl (C=O) groups excluding carboxylic acids is 1. The molecule has 0 fully saturated rings. The molecule has 0 N–H and O–H groups in total. The topological polar surface area (TPSA) is 20.3 Å². The maximum absolute atomic E-state index is 11.6. The van der Waals surface area contributed by atoms with Gasteiger partial charge in [-0.15, -0.1) is 12.6 Å². The molecule has 0 atom stereocenters. The summed E-state index contributed by atoms with van der Waals surface area (Å²) in [6.07, 6.45) is 0. The quantitative estimate of drug-likeness (QED) is 0.679. The van der Waals surface area contributed by atoms with Crippen LogP contribution in [0.5, 0.6) is 0 Å². The molecule has 1 aromatic carbocycles. The minimum Gasteiger partial charge on any atom is -0.345 e. The van der Waals surface area contributed by atoms with Crippen molar-refractivity contribution >= 4 is 18.5 Å². The van der Waals surface area contributed by atoms with Crippen LogP contribution in [0.3, 0.4) is 0 Å². The van der Waals surface area contributed by atoms with E-state index in [0.29, 0.717) is 5.56 Å². The second-order valence-electron chi connectivity index (χ2n) is 3.17. The number of hydrogen-bond acceptors (Lipinski definition) is 2. The summed E-state index contributed by atoms with van der Waals surface area (Å²) in [6, 6.07) is 5.60. The van der Waals surface area contributed by atoms with Crippen LogP contribution in [0.4, 0.5) is 0 Å². The number of aryl methyl sites for hydroxylation is 1. The first kappa shape index (κ1) is 10.1. The lowest BCUT2D eigenvalue weighted by atomic mass is 10.1. The van der Waals surface area contributed by atoms with E-state index < -0.39 is 0 Å². The van der Waals surface area contributed by atoms with E-state index in [9.17, 15) is 4.79 Å². The van der Waals surface area contributed by atoms with Crippen molar-refractivity contribution < 1.29 is 4.79 Å². The Kier molecular flexibility index (Phi) is 2.98. The summed E-state index contributed by atoms with van der Waals surface area (Å²) < 4.78 is 0. The summed E-state index contributed by atoms with van der Waals surface area (Å²) in [5, 5.41) is 0. The van der Waals surface area contributed by atoms with Crippen molar-refractivity contribution in [3.8, 4) is 0 Å². The normalized spacial score (nSPS) is 9.85. The van der Waals surface area contributed by atoms with Crippen LogP contribution in [-0.4, -0.2) is 24.9 Å². The Morgan fingerprint density at radius 2 is 2.00 bits per heavy atom. The molecule has 0 saturated carbocycles. The average molecular weight is 195 g/mol. The van der Waals surface area contributed by atoms with Gasteiger partial charge in [-0.25, -0.2) is 0 Å². The molecule has 0 saturated heterocycles. The van der Waals surface area contributed by atoms with Crippen LogP contribution >= 0.6 is 12.6 Å². The molecule has 0 unspecified atom stereocenters. The maximum atomic E-state index is 11.6. The number of nitrogens with zero attached hydrogens (tertiary/aromatic N) is 1. The second kappa shape index (κ2) is 3.83. The SMILES string of the molecule is Cc1cccc(C(=O)N(C)C)c1S. The van der Waals surface area contributed by atoms with E-state index in [-0.39, 0.29) is 5.91 Å². The van der Waals surface area contributed by atoms with Crippen LogP contribution in [0.15, 0.2) is 23.1 Å². The summed E-state index contributed by atoms with van der Waals surface area (Å²) >= 11 is 4.30. The van der Waals surface area contributed by atoms with Gasteiger partial charge in [-0.1, -0.05) is 12.1 Å². The molecule has 0 aliphatic heterocycles. The Morgan fingerprint density at radius 3 is 2.54 bits per heavy atom. The highest BCUT2D eigenvalue weighted by Crippen LogP contribution is 2.19. The van der Waals surface area contributed by atoms with Crippen LogP contribution in [-0.2, 0) is 0 Å². The van der Waals surface area contributed by atoms with Crippen LogP contribution in [0.25, 0.3) is 0 Å². The van der Waals surface area contributed by atoms with Crippen LogP contribution in [0.2, 0.25) is 0 Å². The van der Waals surface area contributed by atoms with Crippen LogP contribution < -0.4 is 0 Å². The molecule has 0 aliphatic rings. The van der Waals surface area contributed by atoms with E-state index in [1.165, 1.54) is 0 Å². The molecule has 0 spiro atoms. The highest BCUT2D eigenvalue weighted by Gasteiger charge is 2.11. The Bertz CT molecular complexity index is 334. The Labute approximate surface area is 84.0 Å². The summed E-state index contributed by atoms with van der Waals surface area (Å²) in [4.78, 5) is 13.9. The van der Waals surface area contributed by atoms with Crippen molar-refractivity contribution in [2.24, 2.45) is 0 Å². The van der Waals surface area contributed by atoms with Gasteiger partial charge < -0.3 is 4.90 Å². The summed E-state index contributed by atoms with van der Waals surface area (Å²) in [7, 11) is 3.47. The third kappa shape index (κ3) is 2.04. The molecule has 13 heavy (non-hydrogen) atoms. The molecule has 0 aliphatic carbocycles. The van der Waals surface area contributed by atoms with E-state index in [1.807, 2.05) is 19.1 Å². The van der Waals surface area contributed by atoms with Gasteiger partial charge in [0.25, 0.3) is 5.91 Å². The van der Waals surface area contributed by atoms with Crippen molar-refractivity contribution in [2.75, 3.05) is 14.1 Å². The third-order valence-corrected chi connectivity index (χ3v) is 2.47. The minimum absolute atomic E-state index is 0.00583. The lowest BCUT2D eigenvalue weighted by molar-refractivity contribution is 0.0824. The molecule has 0 radical (unpaired) electrons. The van der Waals surface area contributed by atoms with Gasteiger partial charge in [0, 0.05) is 19.0 Å². The smallest absolute Gasteiger partial charge is 0.254 e. The highest BCUT2D eigenvalue weighted by atomic mass is 32.1. The van der Waals surface area contributed by atoms with Gasteiger partial charge in [0.1, 0.15) is 0 Å². The van der Waals surface area contributed by atoms with Crippen LogP contribution in [0.1, 0.15) is 15.9 Å². The van der Waals surface area contributed by atoms with E-state index >= 15 is 0 Å². The summed E-state index contributed by atoms with van der Waals surface area (Å²) in [6.45, 7) is 1.94. The van der Waals surface area contributed by atoms with Gasteiger partial charge >= 0.3 is 0 Å². The monoisotopic (exact) mass is 195 g/mol. The number of hydrogen-bond donors (Lipinski definition) is 1. The predicted octanol–water partition coefficient (Wildman–Crippen LogP) is 1.99. The minimum atomic E-state index is -0.00583. The summed E-state index contributed by atoms with van der Waals surface area (Å²) in [5.74, 6) is -0.00583. The first-order chi connectivity index (χ1) is 6.04. The molecule has 1 aromatic rings. The standard InChI is InChI=1S/C10H13NOS/c1-7-5-4-6-8(9(7)13)10(12)11(2)3/h4-6,13H,1-3H3. The molecule has 0 bridgehead atoms. The van der Waals surface area contributed by atoms with Gasteiger partial charge in [-0.3, -0.25) is 4.79 Å². The van der Waals surface area contributed by atoms with E-state index in [0.717, 1.165) is 10.5 Å². The fourth-order valence-electron chi connectivity index (χ4n) is 1.07. The van der Waals surface area contributed by atoms with Gasteiger partial charge in [0.2, 0.25) is 0 Å². The van der Waals surface area contributed by atoms with Crippen molar-refractivity contribution in [1.82, 2.24) is 4.90 Å². The molecule has 3 heteroatoms. The van der Waals surface area contributed by atoms with Gasteiger partial charge in [-0.05, 0) is 18.6 Å². The Balaban J connectivity index is 3.15. The lowest BCUT2D eigenvalue weighted by Gasteiger charge is -2.12. The fraction of sp³-hybridized carbons (Fsp3) is 0.300. The number of rotatable bonds is 1. The van der Waals surface area contributed by atoms with E-state index in [2.05, 4.69) is 12.6 Å². The molecular formula is C10H13NOS. The zero-order chi connectivity index (χ0) is 10.0. The number of benzene rings is 1. The third-order valence-electron chi connectivity index (χ3n) is 1.87. The summed E-state index contributed by atoms with van der Waals surface area (Å²) in [5.41, 5.74) is 1.68. The number of thiol groups is 1. The van der Waals surface area contributed by atoms with Gasteiger partial charge in [0.05, 0.1) is 5.56 Å². The van der Waals surface area contributed by atoms with Crippen LogP contribution in [0, 0.1) is 6.92 Å². The van der Waals surface area contributed by atoms with Gasteiger partial charge in [0.15, 0.2) is 0 Å². The molecule has 0 aromatic heterocycles. The Morgan fingerprint density at radius 1 is 1.38 bits per heavy atom. The number of amides is 1. The first-order valence-electron chi connectivity index (χ1n) is 4.04. The molecule has 0 heterocycles. The molecule has 2 nitrogen and oxygen atoms in total. The zero-order valence-corrected chi connectivity index (χ0v) is 8.93. The molecule has 1 rings (SSSR count). The lowest BCUT2D eigenvalue weighted by Crippen LogP contribution is -2.22. The maximum Gasteiger partial charge on any atom is 0.254 e. The Hall–Kier alpha value is -0.960. The highest BCUT2D eigenvalue weighted by molar-refractivity contribution is 7.80. The van der Waals surface area contributed by atoms with E-state index in [1.54, 1.807) is 25.1 Å². The van der Waals surface area contributed by atoms with E-state index in [4.69, 9.17) is 0 Å². The van der Waals surface area contributed by atoms with Crippen molar-refractivity contribution in [3.05, 3.63) is 29.3 Å². The second-order valence-corrected chi connectivity index (χ2v) is 3.62. The fourth-order valence-corrected chi connectivity index (χ4v) is 1.32. The van der Waals surface area contributed by atoms with Crippen molar-refractivity contribution in [3.63, 3.8) is 0 Å². The predicted molar refractivity (Wildman–Crippen MR) is 56.4 cm³/mol. The van der Waals surface area contributed by atoms with Gasteiger partial charge in [-0.2, -0.15) is 0 Å². The van der Waals surface area contributed by atoms with Crippen molar-refractivity contribution in [1.29, 1.82) is 0 Å². The largest absolute Gasteiger partial charge is 0.345 e. The average Bonchev–Trinajstić information content (AvgIpc) is 2.08.